The molecule has 1 rings (SSSR count). The first-order valence-electron chi connectivity index (χ1n) is 4.02. The second kappa shape index (κ2) is 5.08. The molecule has 6 heteroatoms. The monoisotopic (exact) mass is 204 g/mol. The summed E-state index contributed by atoms with van der Waals surface area (Å²) in [5.41, 5.74) is 4.77. The summed E-state index contributed by atoms with van der Waals surface area (Å²) in [5, 5.41) is 4.30. The molecule has 0 spiro atoms. The largest absolute Gasteiger partial charge is 0.430 e. The van der Waals surface area contributed by atoms with Gasteiger partial charge in [-0.15, -0.1) is 0 Å². The molecule has 74 valence electrons. The Morgan fingerprint density at radius 2 is 2.69 bits per heavy atom. The number of hydrogen-bond donors (Lipinski definition) is 1. The van der Waals surface area contributed by atoms with Gasteiger partial charge in [-0.05, 0) is 6.42 Å². The standard InChI is InChI=1S/C7H12N2O3S/c1-2-3-5-6(13-4-11-5)9-12-7(8)10/h5H,2-4H2,1H3,(H2,8,10). The van der Waals surface area contributed by atoms with Crippen molar-refractivity contribution in [3.63, 3.8) is 0 Å². The molecular weight excluding hydrogens is 192 g/mol. The van der Waals surface area contributed by atoms with Crippen LogP contribution in [0, 0.1) is 0 Å². The maximum absolute atomic E-state index is 10.3. The fourth-order valence-electron chi connectivity index (χ4n) is 0.985. The molecule has 1 aliphatic heterocycles. The number of rotatable bonds is 3. The molecule has 1 saturated heterocycles. The third-order valence-corrected chi connectivity index (χ3v) is 2.42. The van der Waals surface area contributed by atoms with Gasteiger partial charge in [-0.2, -0.15) is 0 Å². The van der Waals surface area contributed by atoms with E-state index in [0.717, 1.165) is 12.8 Å². The molecule has 1 atom stereocenters. The molecule has 1 heterocycles. The first-order valence-corrected chi connectivity index (χ1v) is 5.01. The van der Waals surface area contributed by atoms with E-state index in [9.17, 15) is 4.79 Å². The number of amides is 1. The van der Waals surface area contributed by atoms with Crippen LogP contribution in [0.4, 0.5) is 4.79 Å². The van der Waals surface area contributed by atoms with Crippen molar-refractivity contribution in [3.8, 4) is 0 Å². The molecule has 0 saturated carbocycles. The third-order valence-electron chi connectivity index (χ3n) is 1.53. The summed E-state index contributed by atoms with van der Waals surface area (Å²) >= 11 is 1.43. The molecule has 1 aliphatic rings. The molecule has 0 radical (unpaired) electrons. The Kier molecular flexibility index (Phi) is 4.04. The number of nitrogens with zero attached hydrogens (tertiary/aromatic N) is 1. The van der Waals surface area contributed by atoms with Gasteiger partial charge in [0.2, 0.25) is 0 Å². The summed E-state index contributed by atoms with van der Waals surface area (Å²) in [6.45, 7) is 2.05. The number of nitrogens with two attached hydrogens (primary N) is 1. The number of primary amides is 1. The van der Waals surface area contributed by atoms with E-state index in [1.54, 1.807) is 0 Å². The molecule has 13 heavy (non-hydrogen) atoms. The van der Waals surface area contributed by atoms with Crippen LogP contribution in [0.3, 0.4) is 0 Å². The van der Waals surface area contributed by atoms with E-state index in [0.29, 0.717) is 11.0 Å². The van der Waals surface area contributed by atoms with Gasteiger partial charge in [0.25, 0.3) is 0 Å². The zero-order valence-electron chi connectivity index (χ0n) is 7.36. The van der Waals surface area contributed by atoms with Crippen LogP contribution < -0.4 is 5.73 Å². The maximum atomic E-state index is 10.3. The molecule has 1 fully saturated rings. The quantitative estimate of drug-likeness (QED) is 0.555. The number of ether oxygens (including phenoxy) is 1. The van der Waals surface area contributed by atoms with Crippen LogP contribution in [0.5, 0.6) is 0 Å². The summed E-state index contributed by atoms with van der Waals surface area (Å²) < 4.78 is 5.34. The number of carbonyl (C=O) groups excluding carboxylic acids is 1. The van der Waals surface area contributed by atoms with Crippen LogP contribution in [0.15, 0.2) is 5.16 Å². The molecule has 5 nitrogen and oxygen atoms in total. The van der Waals surface area contributed by atoms with Crippen LogP contribution in [0.25, 0.3) is 0 Å². The van der Waals surface area contributed by atoms with Gasteiger partial charge in [-0.1, -0.05) is 30.3 Å². The molecule has 1 unspecified atom stereocenters. The molecule has 0 aliphatic carbocycles. The highest BCUT2D eigenvalue weighted by Gasteiger charge is 2.24. The Hall–Kier alpha value is -0.750. The number of oxime groups is 1. The van der Waals surface area contributed by atoms with Gasteiger partial charge < -0.3 is 10.5 Å². The fourth-order valence-corrected chi connectivity index (χ4v) is 1.80. The van der Waals surface area contributed by atoms with Crippen molar-refractivity contribution in [1.29, 1.82) is 0 Å². The number of carbonyl (C=O) groups is 1. The molecule has 0 aromatic rings. The fraction of sp³-hybridized carbons (Fsp3) is 0.714. The molecule has 2 N–H and O–H groups in total. The van der Waals surface area contributed by atoms with Crippen molar-refractivity contribution >= 4 is 22.9 Å². The average Bonchev–Trinajstić information content (AvgIpc) is 2.49. The van der Waals surface area contributed by atoms with Crippen molar-refractivity contribution < 1.29 is 14.4 Å². The van der Waals surface area contributed by atoms with E-state index in [1.165, 1.54) is 11.8 Å². The van der Waals surface area contributed by atoms with E-state index in [2.05, 4.69) is 16.9 Å². The minimum atomic E-state index is -0.893. The molecule has 1 amide bonds. The van der Waals surface area contributed by atoms with Crippen molar-refractivity contribution in [3.05, 3.63) is 0 Å². The summed E-state index contributed by atoms with van der Waals surface area (Å²) in [5.74, 6) is 0.561. The first-order chi connectivity index (χ1) is 6.24. The van der Waals surface area contributed by atoms with Gasteiger partial charge in [0, 0.05) is 0 Å². The van der Waals surface area contributed by atoms with Crippen molar-refractivity contribution in [2.24, 2.45) is 10.9 Å². The molecular formula is C7H12N2O3S. The van der Waals surface area contributed by atoms with Crippen molar-refractivity contribution in [1.82, 2.24) is 0 Å². The van der Waals surface area contributed by atoms with Gasteiger partial charge in [0.1, 0.15) is 11.1 Å². The lowest BCUT2D eigenvalue weighted by Crippen LogP contribution is -2.16. The highest BCUT2D eigenvalue weighted by atomic mass is 32.2. The zero-order chi connectivity index (χ0) is 9.68. The maximum Gasteiger partial charge on any atom is 0.430 e. The lowest BCUT2D eigenvalue weighted by Gasteiger charge is -2.05. The summed E-state index contributed by atoms with van der Waals surface area (Å²) in [7, 11) is 0. The highest BCUT2D eigenvalue weighted by Crippen LogP contribution is 2.23. The Labute approximate surface area is 80.6 Å². The SMILES string of the molecule is CCCC1OCSC1=NOC(N)=O. The lowest BCUT2D eigenvalue weighted by atomic mass is 10.2. The second-order valence-electron chi connectivity index (χ2n) is 2.55. The van der Waals surface area contributed by atoms with E-state index < -0.39 is 6.09 Å². The third kappa shape index (κ3) is 3.23. The van der Waals surface area contributed by atoms with Gasteiger partial charge in [0.15, 0.2) is 0 Å². The van der Waals surface area contributed by atoms with Crippen LogP contribution in [-0.4, -0.2) is 23.2 Å². The van der Waals surface area contributed by atoms with E-state index in [4.69, 9.17) is 10.5 Å². The first kappa shape index (κ1) is 10.3. The minimum absolute atomic E-state index is 0.0330. The Morgan fingerprint density at radius 3 is 3.31 bits per heavy atom. The Bertz CT molecular complexity index is 220. The van der Waals surface area contributed by atoms with Crippen LogP contribution in [-0.2, 0) is 9.57 Å². The summed E-state index contributed by atoms with van der Waals surface area (Å²) in [6, 6.07) is 0. The topological polar surface area (TPSA) is 73.9 Å². The van der Waals surface area contributed by atoms with Crippen LogP contribution >= 0.6 is 11.8 Å². The smallest absolute Gasteiger partial charge is 0.360 e. The lowest BCUT2D eigenvalue weighted by molar-refractivity contribution is 0.136. The van der Waals surface area contributed by atoms with Gasteiger partial charge >= 0.3 is 6.09 Å². The average molecular weight is 204 g/mol. The Morgan fingerprint density at radius 1 is 1.92 bits per heavy atom. The van der Waals surface area contributed by atoms with Gasteiger partial charge in [-0.3, -0.25) is 4.84 Å². The molecule has 0 aromatic heterocycles. The normalized spacial score (nSPS) is 25.0. The minimum Gasteiger partial charge on any atom is -0.360 e. The van der Waals surface area contributed by atoms with Gasteiger partial charge in [0.05, 0.1) is 5.94 Å². The number of hydrogen-bond acceptors (Lipinski definition) is 5. The van der Waals surface area contributed by atoms with Gasteiger partial charge in [-0.25, -0.2) is 4.79 Å². The summed E-state index contributed by atoms with van der Waals surface area (Å²) in [4.78, 5) is 14.6. The van der Waals surface area contributed by atoms with E-state index in [1.807, 2.05) is 0 Å². The van der Waals surface area contributed by atoms with Crippen molar-refractivity contribution in [2.45, 2.75) is 25.9 Å². The van der Waals surface area contributed by atoms with E-state index in [-0.39, 0.29) is 6.10 Å². The van der Waals surface area contributed by atoms with E-state index >= 15 is 0 Å². The van der Waals surface area contributed by atoms with Crippen LogP contribution in [0.1, 0.15) is 19.8 Å². The predicted molar refractivity (Wildman–Crippen MR) is 50.3 cm³/mol. The predicted octanol–water partition coefficient (Wildman–Crippen LogP) is 1.28. The van der Waals surface area contributed by atoms with Crippen molar-refractivity contribution in [2.75, 3.05) is 5.94 Å². The number of thioether (sulfide) groups is 1. The Balaban J connectivity index is 2.46. The highest BCUT2D eigenvalue weighted by molar-refractivity contribution is 8.14. The zero-order valence-corrected chi connectivity index (χ0v) is 8.17. The molecule has 0 bridgehead atoms. The molecule has 0 aromatic carbocycles. The summed E-state index contributed by atoms with van der Waals surface area (Å²) in [6.07, 6.45) is 0.957. The second-order valence-corrected chi connectivity index (χ2v) is 3.49. The van der Waals surface area contributed by atoms with Crippen LogP contribution in [0.2, 0.25) is 0 Å².